The Morgan fingerprint density at radius 2 is 1.85 bits per heavy atom. The maximum atomic E-state index is 12.3. The van der Waals surface area contributed by atoms with E-state index in [0.29, 0.717) is 11.3 Å². The molecule has 0 fully saturated rings. The van der Waals surface area contributed by atoms with Gasteiger partial charge in [-0.1, -0.05) is 0 Å². The minimum atomic E-state index is -1.10. The Balaban J connectivity index is 2.07. The van der Waals surface area contributed by atoms with Gasteiger partial charge in [0.05, 0.1) is 17.4 Å². The van der Waals surface area contributed by atoms with E-state index in [1.165, 1.54) is 18.2 Å². The third-order valence-corrected chi connectivity index (χ3v) is 4.75. The number of carboxylic acid groups (broad SMARTS) is 1. The summed E-state index contributed by atoms with van der Waals surface area (Å²) in [5.41, 5.74) is 0.979. The van der Waals surface area contributed by atoms with Crippen molar-refractivity contribution in [2.45, 2.75) is 46.6 Å². The van der Waals surface area contributed by atoms with E-state index in [9.17, 15) is 14.4 Å². The van der Waals surface area contributed by atoms with Gasteiger partial charge in [0.2, 0.25) is 5.91 Å². The maximum absolute atomic E-state index is 12.3. The molecule has 0 saturated carbocycles. The van der Waals surface area contributed by atoms with Crippen LogP contribution in [0, 0.1) is 13.8 Å². The van der Waals surface area contributed by atoms with Gasteiger partial charge < -0.3 is 15.2 Å². The first-order valence-electron chi connectivity index (χ1n) is 8.61. The number of carbonyl (C=O) groups excluding carboxylic acids is 2. The van der Waals surface area contributed by atoms with Crippen LogP contribution in [0.5, 0.6) is 5.75 Å². The van der Waals surface area contributed by atoms with E-state index in [2.05, 4.69) is 5.32 Å². The van der Waals surface area contributed by atoms with Gasteiger partial charge >= 0.3 is 5.97 Å². The number of aryl methyl sites for hydroxylation is 2. The molecule has 0 aliphatic carbocycles. The molecular weight excluding hydrogens is 366 g/mol. The molecule has 1 aromatic heterocycles. The van der Waals surface area contributed by atoms with Gasteiger partial charge in [-0.3, -0.25) is 9.59 Å². The molecule has 0 aliphatic rings. The van der Waals surface area contributed by atoms with E-state index in [4.69, 9.17) is 9.84 Å². The quantitative estimate of drug-likeness (QED) is 0.651. The largest absolute Gasteiger partial charge is 0.489 e. The second-order valence-electron chi connectivity index (χ2n) is 6.48. The lowest BCUT2D eigenvalue weighted by Gasteiger charge is -2.15. The fourth-order valence-corrected chi connectivity index (χ4v) is 3.54. The number of amides is 1. The summed E-state index contributed by atoms with van der Waals surface area (Å²) < 4.78 is 5.62. The summed E-state index contributed by atoms with van der Waals surface area (Å²) in [5, 5.41) is 11.8. The molecule has 0 saturated heterocycles. The number of hydrogen-bond donors (Lipinski definition) is 2. The van der Waals surface area contributed by atoms with E-state index in [-0.39, 0.29) is 41.9 Å². The Kier molecular flexibility index (Phi) is 6.74. The van der Waals surface area contributed by atoms with Gasteiger partial charge in [0.25, 0.3) is 0 Å². The number of carboxylic acids is 1. The van der Waals surface area contributed by atoms with Crippen LogP contribution in [0.1, 0.15) is 57.2 Å². The third kappa shape index (κ3) is 5.65. The van der Waals surface area contributed by atoms with Crippen molar-refractivity contribution in [1.29, 1.82) is 0 Å². The summed E-state index contributed by atoms with van der Waals surface area (Å²) in [6.07, 6.45) is -0.0457. The van der Waals surface area contributed by atoms with Crippen LogP contribution in [-0.2, 0) is 4.79 Å². The standard InChI is InChI=1S/C20H23NO5S/c1-11(2)26-18-7-5-14(20(24)25)10-16(18)21-19(23)8-6-17(22)15-9-12(3)27-13(15)4/h5,7,9-11H,6,8H2,1-4H3,(H,21,23)(H,24,25). The van der Waals surface area contributed by atoms with Crippen molar-refractivity contribution in [1.82, 2.24) is 0 Å². The van der Waals surface area contributed by atoms with Crippen LogP contribution < -0.4 is 10.1 Å². The average molecular weight is 389 g/mol. The number of ketones is 1. The fraction of sp³-hybridized carbons (Fsp3) is 0.350. The minimum absolute atomic E-state index is 0.00554. The number of Topliss-reactive ketones (excluding diaryl/α,β-unsaturated/α-hetero) is 1. The highest BCUT2D eigenvalue weighted by Gasteiger charge is 2.16. The molecule has 2 aromatic rings. The molecule has 0 unspecified atom stereocenters. The number of carbonyl (C=O) groups is 3. The number of rotatable bonds is 8. The third-order valence-electron chi connectivity index (χ3n) is 3.78. The monoisotopic (exact) mass is 389 g/mol. The van der Waals surface area contributed by atoms with Crippen molar-refractivity contribution < 1.29 is 24.2 Å². The topological polar surface area (TPSA) is 92.7 Å². The van der Waals surface area contributed by atoms with Crippen LogP contribution in [0.3, 0.4) is 0 Å². The Morgan fingerprint density at radius 1 is 1.15 bits per heavy atom. The predicted molar refractivity (Wildman–Crippen MR) is 105 cm³/mol. The molecule has 27 heavy (non-hydrogen) atoms. The molecule has 1 amide bonds. The molecule has 1 heterocycles. The number of anilines is 1. The van der Waals surface area contributed by atoms with E-state index >= 15 is 0 Å². The Morgan fingerprint density at radius 3 is 2.41 bits per heavy atom. The molecule has 2 N–H and O–H groups in total. The number of hydrogen-bond acceptors (Lipinski definition) is 5. The molecule has 0 bridgehead atoms. The first-order chi connectivity index (χ1) is 12.7. The van der Waals surface area contributed by atoms with Crippen LogP contribution in [0.25, 0.3) is 0 Å². The normalized spacial score (nSPS) is 10.7. The van der Waals surface area contributed by atoms with Gasteiger partial charge in [-0.05, 0) is 52.0 Å². The number of aromatic carboxylic acids is 1. The summed E-state index contributed by atoms with van der Waals surface area (Å²) in [6.45, 7) is 7.49. The summed E-state index contributed by atoms with van der Waals surface area (Å²) >= 11 is 1.55. The van der Waals surface area contributed by atoms with Gasteiger partial charge in [0, 0.05) is 28.2 Å². The number of ether oxygens (including phenoxy) is 1. The SMILES string of the molecule is Cc1cc(C(=O)CCC(=O)Nc2cc(C(=O)O)ccc2OC(C)C)c(C)s1. The molecule has 0 atom stereocenters. The highest BCUT2D eigenvalue weighted by Crippen LogP contribution is 2.28. The number of nitrogens with one attached hydrogen (secondary N) is 1. The van der Waals surface area contributed by atoms with Crippen molar-refractivity contribution in [3.8, 4) is 5.75 Å². The summed E-state index contributed by atoms with van der Waals surface area (Å²) in [7, 11) is 0. The van der Waals surface area contributed by atoms with Crippen molar-refractivity contribution in [2.24, 2.45) is 0 Å². The van der Waals surface area contributed by atoms with Crippen molar-refractivity contribution >= 4 is 34.7 Å². The fourth-order valence-electron chi connectivity index (χ4n) is 2.60. The summed E-state index contributed by atoms with van der Waals surface area (Å²) in [6, 6.07) is 6.12. The first kappa shape index (κ1) is 20.6. The van der Waals surface area contributed by atoms with Gasteiger partial charge in [-0.25, -0.2) is 4.79 Å². The van der Waals surface area contributed by atoms with Gasteiger partial charge in [0.1, 0.15) is 5.75 Å². The molecule has 7 heteroatoms. The lowest BCUT2D eigenvalue weighted by atomic mass is 10.1. The van der Waals surface area contributed by atoms with E-state index in [1.54, 1.807) is 11.3 Å². The molecule has 6 nitrogen and oxygen atoms in total. The van der Waals surface area contributed by atoms with Crippen LogP contribution >= 0.6 is 11.3 Å². The Bertz CT molecular complexity index is 869. The molecular formula is C20H23NO5S. The van der Waals surface area contributed by atoms with Crippen LogP contribution in [-0.4, -0.2) is 28.9 Å². The number of benzene rings is 1. The first-order valence-corrected chi connectivity index (χ1v) is 9.43. The highest BCUT2D eigenvalue weighted by molar-refractivity contribution is 7.12. The zero-order chi connectivity index (χ0) is 20.1. The molecule has 0 aliphatic heterocycles. The Hall–Kier alpha value is -2.67. The van der Waals surface area contributed by atoms with Crippen molar-refractivity contribution in [2.75, 3.05) is 5.32 Å². The zero-order valence-electron chi connectivity index (χ0n) is 15.8. The van der Waals surface area contributed by atoms with Gasteiger partial charge in [-0.15, -0.1) is 11.3 Å². The summed E-state index contributed by atoms with van der Waals surface area (Å²) in [5.74, 6) is -1.16. The van der Waals surface area contributed by atoms with Crippen LogP contribution in [0.2, 0.25) is 0 Å². The maximum Gasteiger partial charge on any atom is 0.335 e. The number of thiophene rings is 1. The van der Waals surface area contributed by atoms with Crippen LogP contribution in [0.15, 0.2) is 24.3 Å². The lowest BCUT2D eigenvalue weighted by molar-refractivity contribution is -0.116. The highest BCUT2D eigenvalue weighted by atomic mass is 32.1. The van der Waals surface area contributed by atoms with E-state index in [0.717, 1.165) is 9.75 Å². The predicted octanol–water partition coefficient (Wildman–Crippen LogP) is 4.45. The van der Waals surface area contributed by atoms with E-state index < -0.39 is 5.97 Å². The second-order valence-corrected chi connectivity index (χ2v) is 7.94. The Labute approximate surface area is 162 Å². The summed E-state index contributed by atoms with van der Waals surface area (Å²) in [4.78, 5) is 37.8. The smallest absolute Gasteiger partial charge is 0.335 e. The molecule has 0 spiro atoms. The van der Waals surface area contributed by atoms with E-state index in [1.807, 2.05) is 33.8 Å². The van der Waals surface area contributed by atoms with Crippen molar-refractivity contribution in [3.05, 3.63) is 45.1 Å². The van der Waals surface area contributed by atoms with Gasteiger partial charge in [0.15, 0.2) is 5.78 Å². The average Bonchev–Trinajstić information content (AvgIpc) is 2.92. The molecule has 1 aromatic carbocycles. The van der Waals surface area contributed by atoms with Gasteiger partial charge in [-0.2, -0.15) is 0 Å². The molecule has 0 radical (unpaired) electrons. The van der Waals surface area contributed by atoms with Crippen molar-refractivity contribution in [3.63, 3.8) is 0 Å². The zero-order valence-corrected chi connectivity index (χ0v) is 16.6. The van der Waals surface area contributed by atoms with Crippen LogP contribution in [0.4, 0.5) is 5.69 Å². The lowest BCUT2D eigenvalue weighted by Crippen LogP contribution is -2.16. The second kappa shape index (κ2) is 8.81. The molecule has 2 rings (SSSR count). The minimum Gasteiger partial charge on any atom is -0.489 e. The molecule has 144 valence electrons.